The third-order valence-electron chi connectivity index (χ3n) is 6.95. The molecule has 2 aromatic heterocycles. The molecule has 37 heavy (non-hydrogen) atoms. The lowest BCUT2D eigenvalue weighted by Gasteiger charge is -2.20. The number of rotatable bonds is 9. The van der Waals surface area contributed by atoms with Crippen LogP contribution in [-0.2, 0) is 30.7 Å². The first-order chi connectivity index (χ1) is 18.1. The molecule has 1 amide bonds. The highest BCUT2D eigenvalue weighted by Gasteiger charge is 2.23. The first kappa shape index (κ1) is 25.2. The number of nitrogens with zero attached hydrogens (tertiary/aromatic N) is 3. The van der Waals surface area contributed by atoms with Crippen molar-refractivity contribution in [3.63, 3.8) is 0 Å². The fraction of sp³-hybridized carbons (Fsp3) is 0.345. The second-order valence-corrected chi connectivity index (χ2v) is 10.5. The van der Waals surface area contributed by atoms with Gasteiger partial charge in [0, 0.05) is 21.9 Å². The number of amides is 1. The topological polar surface area (TPSA) is 79.3 Å². The lowest BCUT2D eigenvalue weighted by molar-refractivity contribution is -0.116. The number of hydrogen-bond acceptors (Lipinski definition) is 6. The number of para-hydroxylation sites is 1. The van der Waals surface area contributed by atoms with Crippen LogP contribution in [0.2, 0.25) is 0 Å². The molecular formula is C29H33N5O2S. The van der Waals surface area contributed by atoms with Gasteiger partial charge in [-0.3, -0.25) is 19.1 Å². The molecule has 0 aliphatic heterocycles. The summed E-state index contributed by atoms with van der Waals surface area (Å²) in [5.41, 5.74) is 3.67. The molecule has 1 aliphatic carbocycles. The number of aromatic nitrogens is 2. The second kappa shape index (κ2) is 11.3. The molecule has 8 heteroatoms. The van der Waals surface area contributed by atoms with Gasteiger partial charge in [0.1, 0.15) is 17.2 Å². The highest BCUT2D eigenvalue weighted by molar-refractivity contribution is 7.18. The van der Waals surface area contributed by atoms with Crippen LogP contribution in [0.15, 0.2) is 59.4 Å². The molecule has 0 saturated carbocycles. The SMILES string of the molecule is CCN(CC)Cc1nc2sc3c(c2c(=O)n1CC(=O)Nc1ccc(Nc2ccccc2)cc1)CCCC3. The normalized spacial score (nSPS) is 13.1. The van der Waals surface area contributed by atoms with Gasteiger partial charge in [0.25, 0.3) is 5.56 Å². The maximum Gasteiger partial charge on any atom is 0.263 e. The van der Waals surface area contributed by atoms with Gasteiger partial charge in [0.05, 0.1) is 11.9 Å². The van der Waals surface area contributed by atoms with Crippen molar-refractivity contribution < 1.29 is 4.79 Å². The molecule has 0 atom stereocenters. The van der Waals surface area contributed by atoms with Crippen LogP contribution in [0.25, 0.3) is 10.2 Å². The number of carbonyl (C=O) groups is 1. The van der Waals surface area contributed by atoms with Crippen LogP contribution in [0.5, 0.6) is 0 Å². The van der Waals surface area contributed by atoms with E-state index in [9.17, 15) is 9.59 Å². The lowest BCUT2D eigenvalue weighted by atomic mass is 9.97. The summed E-state index contributed by atoms with van der Waals surface area (Å²) in [5.74, 6) is 0.411. The van der Waals surface area contributed by atoms with Crippen LogP contribution >= 0.6 is 11.3 Å². The van der Waals surface area contributed by atoms with Crippen molar-refractivity contribution in [2.24, 2.45) is 0 Å². The van der Waals surface area contributed by atoms with Gasteiger partial charge in [0.15, 0.2) is 0 Å². The molecule has 2 heterocycles. The average Bonchev–Trinajstić information content (AvgIpc) is 3.29. The van der Waals surface area contributed by atoms with Gasteiger partial charge in [0.2, 0.25) is 5.91 Å². The van der Waals surface area contributed by atoms with Crippen molar-refractivity contribution in [2.45, 2.75) is 52.6 Å². The van der Waals surface area contributed by atoms with Crippen LogP contribution in [-0.4, -0.2) is 33.4 Å². The fourth-order valence-electron chi connectivity index (χ4n) is 4.88. The van der Waals surface area contributed by atoms with Crippen molar-refractivity contribution in [2.75, 3.05) is 23.7 Å². The van der Waals surface area contributed by atoms with E-state index >= 15 is 0 Å². The Labute approximate surface area is 221 Å². The Bertz CT molecular complexity index is 1440. The zero-order valence-electron chi connectivity index (χ0n) is 21.4. The van der Waals surface area contributed by atoms with Crippen LogP contribution in [0.1, 0.15) is 43.0 Å². The number of anilines is 3. The van der Waals surface area contributed by atoms with Crippen molar-refractivity contribution >= 4 is 44.5 Å². The fourth-order valence-corrected chi connectivity index (χ4v) is 6.15. The molecular weight excluding hydrogens is 482 g/mol. The van der Waals surface area contributed by atoms with Gasteiger partial charge in [-0.15, -0.1) is 11.3 Å². The van der Waals surface area contributed by atoms with Gasteiger partial charge in [-0.2, -0.15) is 0 Å². The van der Waals surface area contributed by atoms with Crippen molar-refractivity contribution in [3.8, 4) is 0 Å². The van der Waals surface area contributed by atoms with Gasteiger partial charge in [-0.1, -0.05) is 32.0 Å². The number of nitrogens with one attached hydrogen (secondary N) is 2. The van der Waals surface area contributed by atoms with Crippen molar-refractivity contribution in [1.29, 1.82) is 0 Å². The molecule has 4 aromatic rings. The highest BCUT2D eigenvalue weighted by atomic mass is 32.1. The van der Waals surface area contributed by atoms with Crippen molar-refractivity contribution in [3.05, 3.63) is 81.2 Å². The summed E-state index contributed by atoms with van der Waals surface area (Å²) in [6.07, 6.45) is 4.17. The molecule has 5 rings (SSSR count). The van der Waals surface area contributed by atoms with Gasteiger partial charge < -0.3 is 10.6 Å². The molecule has 0 bridgehead atoms. The Hall–Kier alpha value is -3.49. The summed E-state index contributed by atoms with van der Waals surface area (Å²) in [6.45, 7) is 6.36. The van der Waals surface area contributed by atoms with E-state index in [-0.39, 0.29) is 18.0 Å². The summed E-state index contributed by atoms with van der Waals surface area (Å²) in [5, 5.41) is 7.01. The second-order valence-electron chi connectivity index (χ2n) is 9.39. The number of fused-ring (bicyclic) bond motifs is 3. The number of hydrogen-bond donors (Lipinski definition) is 2. The number of thiophene rings is 1. The standard InChI is InChI=1S/C29H33N5O2S/c1-3-33(4-2)18-25-32-28-27(23-12-8-9-13-24(23)37-28)29(36)34(25)19-26(35)31-22-16-14-21(15-17-22)30-20-10-6-5-7-11-20/h5-7,10-11,14-17,30H,3-4,8-9,12-13,18-19H2,1-2H3,(H,31,35). The first-order valence-electron chi connectivity index (χ1n) is 13.0. The molecule has 0 unspecified atom stereocenters. The van der Waals surface area contributed by atoms with Crippen molar-refractivity contribution in [1.82, 2.24) is 14.5 Å². The summed E-state index contributed by atoms with van der Waals surface area (Å²) in [7, 11) is 0. The molecule has 1 aliphatic rings. The van der Waals surface area contributed by atoms with Crippen LogP contribution in [0.4, 0.5) is 17.1 Å². The van der Waals surface area contributed by atoms with Gasteiger partial charge in [-0.05, 0) is 80.7 Å². The third kappa shape index (κ3) is 5.60. The van der Waals surface area contributed by atoms with E-state index in [1.54, 1.807) is 15.9 Å². The molecule has 192 valence electrons. The molecule has 2 aromatic carbocycles. The molecule has 2 N–H and O–H groups in total. The maximum absolute atomic E-state index is 13.8. The van der Waals surface area contributed by atoms with E-state index < -0.39 is 0 Å². The Kier molecular flexibility index (Phi) is 7.67. The number of aryl methyl sites for hydroxylation is 2. The molecule has 0 saturated heterocycles. The number of benzene rings is 2. The van der Waals surface area contributed by atoms with E-state index in [2.05, 4.69) is 29.4 Å². The average molecular weight is 516 g/mol. The van der Waals surface area contributed by atoms with E-state index in [0.717, 1.165) is 60.5 Å². The summed E-state index contributed by atoms with van der Waals surface area (Å²) < 4.78 is 1.59. The Morgan fingerprint density at radius 3 is 2.38 bits per heavy atom. The first-order valence-corrected chi connectivity index (χ1v) is 13.9. The minimum absolute atomic E-state index is 0.0625. The van der Waals surface area contributed by atoms with Gasteiger partial charge in [-0.25, -0.2) is 4.98 Å². The zero-order valence-corrected chi connectivity index (χ0v) is 22.2. The van der Waals surface area contributed by atoms with Gasteiger partial charge >= 0.3 is 0 Å². The summed E-state index contributed by atoms with van der Waals surface area (Å²) >= 11 is 1.65. The van der Waals surface area contributed by atoms with E-state index in [1.807, 2.05) is 54.6 Å². The molecule has 0 spiro atoms. The van der Waals surface area contributed by atoms with E-state index in [4.69, 9.17) is 4.98 Å². The molecule has 7 nitrogen and oxygen atoms in total. The summed E-state index contributed by atoms with van der Waals surface area (Å²) in [6, 6.07) is 17.5. The van der Waals surface area contributed by atoms with Crippen LogP contribution in [0, 0.1) is 0 Å². The number of carbonyl (C=O) groups excluding carboxylic acids is 1. The highest BCUT2D eigenvalue weighted by Crippen LogP contribution is 2.34. The van der Waals surface area contributed by atoms with Crippen LogP contribution < -0.4 is 16.2 Å². The van der Waals surface area contributed by atoms with E-state index in [0.29, 0.717) is 23.4 Å². The smallest absolute Gasteiger partial charge is 0.263 e. The predicted molar refractivity (Wildman–Crippen MR) is 152 cm³/mol. The Morgan fingerprint density at radius 2 is 1.65 bits per heavy atom. The van der Waals surface area contributed by atoms with Crippen LogP contribution in [0.3, 0.4) is 0 Å². The quantitative estimate of drug-likeness (QED) is 0.305. The van der Waals surface area contributed by atoms with E-state index in [1.165, 1.54) is 4.88 Å². The summed E-state index contributed by atoms with van der Waals surface area (Å²) in [4.78, 5) is 36.2. The zero-order chi connectivity index (χ0) is 25.8. The Balaban J connectivity index is 1.39. The third-order valence-corrected chi connectivity index (χ3v) is 8.13. The molecule has 0 radical (unpaired) electrons. The maximum atomic E-state index is 13.8. The minimum atomic E-state index is -0.239. The predicted octanol–water partition coefficient (Wildman–Crippen LogP) is 5.56. The minimum Gasteiger partial charge on any atom is -0.356 e. The Morgan fingerprint density at radius 1 is 0.973 bits per heavy atom. The largest absolute Gasteiger partial charge is 0.356 e. The lowest BCUT2D eigenvalue weighted by Crippen LogP contribution is -2.34. The monoisotopic (exact) mass is 515 g/mol. The molecule has 0 fully saturated rings.